The van der Waals surface area contributed by atoms with E-state index in [9.17, 15) is 9.13 Å². The molecule has 1 aromatic rings. The highest BCUT2D eigenvalue weighted by molar-refractivity contribution is 7.46. The predicted octanol–water partition coefficient (Wildman–Crippen LogP) is 0.636. The third-order valence-electron chi connectivity index (χ3n) is 0.938. The second kappa shape index (κ2) is 8.40. The van der Waals surface area contributed by atoms with Crippen LogP contribution in [-0.4, -0.2) is 24.4 Å². The lowest BCUT2D eigenvalue weighted by atomic mass is 10.8. The zero-order chi connectivity index (χ0) is 11.7. The molecule has 0 fully saturated rings. The quantitative estimate of drug-likeness (QED) is 0.535. The fraction of sp³-hybridized carbons (Fsp3) is 0. The second-order valence-electron chi connectivity index (χ2n) is 1.94. The van der Waals surface area contributed by atoms with Crippen molar-refractivity contribution < 1.29 is 28.3 Å². The van der Waals surface area contributed by atoms with Crippen molar-refractivity contribution in [3.05, 3.63) is 25.0 Å². The molecule has 0 aromatic carbocycles. The molecular formula is C5H10N2O6P2. The van der Waals surface area contributed by atoms with Gasteiger partial charge in [0.25, 0.3) is 0 Å². The minimum atomic E-state index is -3.20. The van der Waals surface area contributed by atoms with Gasteiger partial charge in [-0.15, -0.1) is 0 Å². The maximum atomic E-state index is 9.44. The van der Waals surface area contributed by atoms with Gasteiger partial charge < -0.3 is 19.5 Å². The molecule has 86 valence electrons. The molecule has 0 bridgehead atoms. The topological polar surface area (TPSA) is 122 Å². The summed E-state index contributed by atoms with van der Waals surface area (Å²) in [5.74, 6) is 0. The van der Waals surface area contributed by atoms with Gasteiger partial charge in [-0.3, -0.25) is 9.13 Å². The average molecular weight is 256 g/mol. The van der Waals surface area contributed by atoms with Gasteiger partial charge >= 0.3 is 16.5 Å². The Morgan fingerprint density at radius 1 is 1.33 bits per heavy atom. The van der Waals surface area contributed by atoms with Gasteiger partial charge in [0.05, 0.1) is 12.6 Å². The third-order valence-corrected chi connectivity index (χ3v) is 2.34. The van der Waals surface area contributed by atoms with E-state index in [1.807, 2.05) is 0 Å². The molecule has 1 rings (SSSR count). The van der Waals surface area contributed by atoms with Gasteiger partial charge in [0.1, 0.15) is 0 Å². The number of aromatic nitrogens is 2. The normalized spacial score (nSPS) is 14.3. The van der Waals surface area contributed by atoms with Crippen LogP contribution in [0.2, 0.25) is 0 Å². The molecule has 8 nitrogen and oxygen atoms in total. The number of hydrogen-bond donors (Lipinski definition) is 3. The second-order valence-corrected chi connectivity index (χ2v) is 3.82. The SMILES string of the molecule is O=[PH](O)O[PH](=O)O.OC=Cn1ccnc1. The Hall–Kier alpha value is -0.910. The standard InChI is InChI=1S/C5H6N2O.H4O5P2/c8-4-3-7-2-1-6-5-7;1-6(2)5-7(3)4/h1-5,8H;6-7H,(H,1,2)(H,3,4). The van der Waals surface area contributed by atoms with Crippen molar-refractivity contribution in [2.45, 2.75) is 0 Å². The van der Waals surface area contributed by atoms with E-state index in [1.165, 1.54) is 6.20 Å². The zero-order valence-electron chi connectivity index (χ0n) is 7.35. The summed E-state index contributed by atoms with van der Waals surface area (Å²) in [5.41, 5.74) is 0. The molecule has 0 amide bonds. The maximum absolute atomic E-state index is 9.44. The number of aliphatic hydroxyl groups is 1. The summed E-state index contributed by atoms with van der Waals surface area (Å²) in [6.07, 6.45) is 7.41. The Balaban J connectivity index is 0.000000265. The van der Waals surface area contributed by atoms with Crippen LogP contribution in [0.1, 0.15) is 0 Å². The Kier molecular flexibility index (Phi) is 7.89. The van der Waals surface area contributed by atoms with E-state index in [4.69, 9.17) is 14.9 Å². The lowest BCUT2D eigenvalue weighted by Gasteiger charge is -1.86. The molecule has 0 spiro atoms. The van der Waals surface area contributed by atoms with Crippen LogP contribution in [0.3, 0.4) is 0 Å². The fourth-order valence-electron chi connectivity index (χ4n) is 0.509. The highest BCUT2D eigenvalue weighted by Crippen LogP contribution is 2.30. The van der Waals surface area contributed by atoms with Crippen LogP contribution >= 0.6 is 16.5 Å². The summed E-state index contributed by atoms with van der Waals surface area (Å²) in [6, 6.07) is 0. The lowest BCUT2D eigenvalue weighted by molar-refractivity contribution is 0.371. The van der Waals surface area contributed by atoms with Crippen LogP contribution in [-0.2, 0) is 13.4 Å². The Morgan fingerprint density at radius 3 is 2.20 bits per heavy atom. The van der Waals surface area contributed by atoms with Crippen molar-refractivity contribution in [1.82, 2.24) is 9.55 Å². The van der Waals surface area contributed by atoms with E-state index in [-0.39, 0.29) is 0 Å². The van der Waals surface area contributed by atoms with E-state index in [1.54, 1.807) is 23.3 Å². The summed E-state index contributed by atoms with van der Waals surface area (Å²) in [5, 5.41) is 8.21. The first-order valence-corrected chi connectivity index (χ1v) is 6.01. The number of aliphatic hydroxyl groups excluding tert-OH is 1. The van der Waals surface area contributed by atoms with Crippen molar-refractivity contribution in [3.8, 4) is 0 Å². The third kappa shape index (κ3) is 9.40. The molecule has 0 saturated heterocycles. The molecule has 1 aromatic heterocycles. The van der Waals surface area contributed by atoms with Crippen molar-refractivity contribution in [2.24, 2.45) is 0 Å². The summed E-state index contributed by atoms with van der Waals surface area (Å²) in [4.78, 5) is 19.2. The molecule has 10 heteroatoms. The van der Waals surface area contributed by atoms with E-state index in [0.717, 1.165) is 6.26 Å². The van der Waals surface area contributed by atoms with Gasteiger partial charge in [-0.1, -0.05) is 0 Å². The van der Waals surface area contributed by atoms with Crippen LogP contribution < -0.4 is 0 Å². The molecule has 1 heterocycles. The maximum Gasteiger partial charge on any atom is 0.323 e. The Bertz CT molecular complexity index is 325. The number of imidazole rings is 1. The van der Waals surface area contributed by atoms with Crippen LogP contribution in [0.15, 0.2) is 25.0 Å². The fourth-order valence-corrected chi connectivity index (χ4v) is 1.11. The van der Waals surface area contributed by atoms with E-state index >= 15 is 0 Å². The largest absolute Gasteiger partial charge is 0.514 e. The monoisotopic (exact) mass is 256 g/mol. The van der Waals surface area contributed by atoms with Crippen LogP contribution in [0.25, 0.3) is 6.20 Å². The van der Waals surface area contributed by atoms with Gasteiger partial charge in [0.15, 0.2) is 0 Å². The average Bonchev–Trinajstić information content (AvgIpc) is 2.55. The molecule has 2 unspecified atom stereocenters. The molecule has 3 N–H and O–H groups in total. The summed E-state index contributed by atoms with van der Waals surface area (Å²) < 4.78 is 24.0. The van der Waals surface area contributed by atoms with Crippen molar-refractivity contribution in [2.75, 3.05) is 0 Å². The number of nitrogens with zero attached hydrogens (tertiary/aromatic N) is 2. The first-order chi connectivity index (χ1) is 7.06. The molecule has 0 aliphatic rings. The molecule has 0 aliphatic heterocycles. The van der Waals surface area contributed by atoms with E-state index < -0.39 is 16.5 Å². The van der Waals surface area contributed by atoms with E-state index in [2.05, 4.69) is 9.29 Å². The minimum Gasteiger partial charge on any atom is -0.514 e. The first-order valence-electron chi connectivity index (χ1n) is 3.48. The molecule has 0 saturated carbocycles. The smallest absolute Gasteiger partial charge is 0.323 e. The van der Waals surface area contributed by atoms with E-state index in [0.29, 0.717) is 0 Å². The van der Waals surface area contributed by atoms with Crippen LogP contribution in [0, 0.1) is 0 Å². The molecular weight excluding hydrogens is 246 g/mol. The van der Waals surface area contributed by atoms with Crippen LogP contribution in [0.5, 0.6) is 0 Å². The minimum absolute atomic E-state index is 0.960. The van der Waals surface area contributed by atoms with Crippen molar-refractivity contribution in [1.29, 1.82) is 0 Å². The van der Waals surface area contributed by atoms with Gasteiger partial charge in [-0.25, -0.2) is 9.29 Å². The molecule has 0 radical (unpaired) electrons. The number of rotatable bonds is 3. The molecule has 2 atom stereocenters. The Labute approximate surface area is 86.4 Å². The van der Waals surface area contributed by atoms with Gasteiger partial charge in [-0.05, 0) is 0 Å². The summed E-state index contributed by atoms with van der Waals surface area (Å²) >= 11 is 0. The summed E-state index contributed by atoms with van der Waals surface area (Å²) in [6.45, 7) is 0. The lowest BCUT2D eigenvalue weighted by Crippen LogP contribution is -1.76. The molecule has 15 heavy (non-hydrogen) atoms. The molecule has 0 aliphatic carbocycles. The van der Waals surface area contributed by atoms with Crippen molar-refractivity contribution in [3.63, 3.8) is 0 Å². The Morgan fingerprint density at radius 2 is 1.93 bits per heavy atom. The van der Waals surface area contributed by atoms with Gasteiger partial charge in [-0.2, -0.15) is 0 Å². The predicted molar refractivity (Wildman–Crippen MR) is 53.7 cm³/mol. The summed E-state index contributed by atoms with van der Waals surface area (Å²) in [7, 11) is -6.40. The van der Waals surface area contributed by atoms with Crippen LogP contribution in [0.4, 0.5) is 0 Å². The van der Waals surface area contributed by atoms with Gasteiger partial charge in [0.2, 0.25) is 0 Å². The first kappa shape index (κ1) is 14.1. The zero-order valence-corrected chi connectivity index (χ0v) is 9.35. The van der Waals surface area contributed by atoms with Crippen molar-refractivity contribution >= 4 is 22.7 Å². The van der Waals surface area contributed by atoms with Gasteiger partial charge in [0, 0.05) is 18.6 Å². The highest BCUT2D eigenvalue weighted by atomic mass is 31.2. The number of hydrogen-bond acceptors (Lipinski definition) is 5. The highest BCUT2D eigenvalue weighted by Gasteiger charge is 1.93.